The topological polar surface area (TPSA) is 56.8 Å². The van der Waals surface area contributed by atoms with Crippen LogP contribution in [0.3, 0.4) is 0 Å². The van der Waals surface area contributed by atoms with E-state index in [-0.39, 0.29) is 17.9 Å². The zero-order valence-corrected chi connectivity index (χ0v) is 12.4. The van der Waals surface area contributed by atoms with Crippen LogP contribution in [-0.2, 0) is 14.3 Å². The van der Waals surface area contributed by atoms with Gasteiger partial charge in [0, 0.05) is 12.1 Å². The van der Waals surface area contributed by atoms with Crippen molar-refractivity contribution in [3.63, 3.8) is 0 Å². The maximum Gasteiger partial charge on any atom is 0.227 e. The highest BCUT2D eigenvalue weighted by atomic mass is 16.7. The molecular formula is C16H21NO4. The summed E-state index contributed by atoms with van der Waals surface area (Å²) < 4.78 is 16.8. The molecule has 1 fully saturated rings. The van der Waals surface area contributed by atoms with Crippen LogP contribution in [-0.4, -0.2) is 37.6 Å². The molecule has 0 saturated carbocycles. The molecule has 1 N–H and O–H groups in total. The van der Waals surface area contributed by atoms with Gasteiger partial charge in [0.2, 0.25) is 5.91 Å². The van der Waals surface area contributed by atoms with Gasteiger partial charge in [-0.2, -0.15) is 0 Å². The molecule has 21 heavy (non-hydrogen) atoms. The van der Waals surface area contributed by atoms with Crippen molar-refractivity contribution in [2.45, 2.75) is 38.1 Å². The number of carbonyl (C=O) groups is 1. The fraction of sp³-hybridized carbons (Fsp3) is 0.562. The molecule has 2 heterocycles. The molecule has 1 saturated heterocycles. The number of rotatable bonds is 3. The normalized spacial score (nSPS) is 26.8. The van der Waals surface area contributed by atoms with E-state index in [9.17, 15) is 4.79 Å². The molecule has 0 aliphatic carbocycles. The second kappa shape index (κ2) is 5.66. The van der Waals surface area contributed by atoms with Gasteiger partial charge in [0.15, 0.2) is 5.79 Å². The van der Waals surface area contributed by atoms with Crippen molar-refractivity contribution in [2.75, 3.05) is 19.8 Å². The number of benzene rings is 1. The molecule has 114 valence electrons. The number of nitrogens with one attached hydrogen (secondary N) is 1. The molecule has 1 aromatic carbocycles. The van der Waals surface area contributed by atoms with E-state index in [1.807, 2.05) is 38.1 Å². The first-order chi connectivity index (χ1) is 10.1. The van der Waals surface area contributed by atoms with Crippen LogP contribution in [0.2, 0.25) is 0 Å². The van der Waals surface area contributed by atoms with E-state index in [0.717, 1.165) is 11.3 Å². The second-order valence-corrected chi connectivity index (χ2v) is 5.92. The number of para-hydroxylation sites is 1. The minimum atomic E-state index is -0.555. The second-order valence-electron chi connectivity index (χ2n) is 5.92. The van der Waals surface area contributed by atoms with Crippen molar-refractivity contribution in [1.82, 2.24) is 5.32 Å². The highest BCUT2D eigenvalue weighted by Crippen LogP contribution is 2.33. The Labute approximate surface area is 124 Å². The summed E-state index contributed by atoms with van der Waals surface area (Å²) in [4.78, 5) is 12.4. The molecule has 2 aliphatic rings. The van der Waals surface area contributed by atoms with Crippen molar-refractivity contribution in [1.29, 1.82) is 0 Å². The van der Waals surface area contributed by atoms with Crippen molar-refractivity contribution in [3.8, 4) is 5.75 Å². The van der Waals surface area contributed by atoms with Crippen LogP contribution >= 0.6 is 0 Å². The molecule has 0 spiro atoms. The first kappa shape index (κ1) is 14.4. The van der Waals surface area contributed by atoms with Crippen LogP contribution in [0.25, 0.3) is 0 Å². The SMILES string of the molecule is CC1(C)OCC(CNC(=O)C2CCOc3ccccc32)O1. The number of ether oxygens (including phenoxy) is 3. The summed E-state index contributed by atoms with van der Waals surface area (Å²) in [6, 6.07) is 7.72. The summed E-state index contributed by atoms with van der Waals surface area (Å²) >= 11 is 0. The van der Waals surface area contributed by atoms with Crippen molar-refractivity contribution >= 4 is 5.91 Å². The van der Waals surface area contributed by atoms with Crippen LogP contribution in [0.4, 0.5) is 0 Å². The molecule has 1 amide bonds. The van der Waals surface area contributed by atoms with Crippen LogP contribution in [0.1, 0.15) is 31.7 Å². The number of fused-ring (bicyclic) bond motifs is 1. The summed E-state index contributed by atoms with van der Waals surface area (Å²) in [6.45, 7) is 5.32. The Kier molecular flexibility index (Phi) is 3.87. The van der Waals surface area contributed by atoms with E-state index >= 15 is 0 Å². The molecule has 2 aliphatic heterocycles. The van der Waals surface area contributed by atoms with Gasteiger partial charge in [-0.05, 0) is 26.3 Å². The van der Waals surface area contributed by atoms with Crippen LogP contribution in [0.5, 0.6) is 5.75 Å². The van der Waals surface area contributed by atoms with Crippen molar-refractivity contribution < 1.29 is 19.0 Å². The van der Waals surface area contributed by atoms with Gasteiger partial charge in [0.05, 0.1) is 19.1 Å². The predicted octanol–water partition coefficient (Wildman–Crippen LogP) is 1.82. The molecule has 3 rings (SSSR count). The number of hydrogen-bond acceptors (Lipinski definition) is 4. The molecule has 2 atom stereocenters. The van der Waals surface area contributed by atoms with E-state index in [2.05, 4.69) is 5.32 Å². The monoisotopic (exact) mass is 291 g/mol. The highest BCUT2D eigenvalue weighted by Gasteiger charge is 2.34. The van der Waals surface area contributed by atoms with Crippen molar-refractivity contribution in [3.05, 3.63) is 29.8 Å². The van der Waals surface area contributed by atoms with Crippen LogP contribution < -0.4 is 10.1 Å². The zero-order valence-electron chi connectivity index (χ0n) is 12.4. The van der Waals surface area contributed by atoms with E-state index in [1.165, 1.54) is 0 Å². The van der Waals surface area contributed by atoms with Gasteiger partial charge in [-0.15, -0.1) is 0 Å². The fourth-order valence-electron chi connectivity index (χ4n) is 2.82. The Bertz CT molecular complexity index is 529. The molecule has 2 unspecified atom stereocenters. The third-order valence-electron chi connectivity index (χ3n) is 3.85. The molecule has 0 radical (unpaired) electrons. The minimum Gasteiger partial charge on any atom is -0.493 e. The zero-order chi connectivity index (χ0) is 14.9. The largest absolute Gasteiger partial charge is 0.493 e. The van der Waals surface area contributed by atoms with E-state index in [4.69, 9.17) is 14.2 Å². The van der Waals surface area contributed by atoms with E-state index in [1.54, 1.807) is 0 Å². The number of hydrogen-bond donors (Lipinski definition) is 1. The average Bonchev–Trinajstić information content (AvgIpc) is 2.83. The maximum atomic E-state index is 12.4. The summed E-state index contributed by atoms with van der Waals surface area (Å²) in [5.41, 5.74) is 0.963. The molecule has 5 nitrogen and oxygen atoms in total. The smallest absolute Gasteiger partial charge is 0.227 e. The lowest BCUT2D eigenvalue weighted by molar-refractivity contribution is -0.139. The van der Waals surface area contributed by atoms with Gasteiger partial charge in [0.25, 0.3) is 0 Å². The van der Waals surface area contributed by atoms with E-state index in [0.29, 0.717) is 26.2 Å². The van der Waals surface area contributed by atoms with Crippen LogP contribution in [0.15, 0.2) is 24.3 Å². The number of carbonyl (C=O) groups excluding carboxylic acids is 1. The lowest BCUT2D eigenvalue weighted by Crippen LogP contribution is -2.38. The maximum absolute atomic E-state index is 12.4. The Balaban J connectivity index is 1.59. The van der Waals surface area contributed by atoms with Crippen molar-refractivity contribution in [2.24, 2.45) is 0 Å². The van der Waals surface area contributed by atoms with Gasteiger partial charge in [-0.3, -0.25) is 4.79 Å². The molecule has 0 bridgehead atoms. The first-order valence-electron chi connectivity index (χ1n) is 7.36. The molecule has 0 aromatic heterocycles. The summed E-state index contributed by atoms with van der Waals surface area (Å²) in [5, 5.41) is 2.97. The average molecular weight is 291 g/mol. The minimum absolute atomic E-state index is 0.0269. The Morgan fingerprint density at radius 1 is 1.38 bits per heavy atom. The molecule has 1 aromatic rings. The van der Waals surface area contributed by atoms with Gasteiger partial charge in [0.1, 0.15) is 11.9 Å². The Morgan fingerprint density at radius 2 is 2.19 bits per heavy atom. The first-order valence-corrected chi connectivity index (χ1v) is 7.36. The summed E-state index contributed by atoms with van der Waals surface area (Å²) in [7, 11) is 0. The third-order valence-corrected chi connectivity index (χ3v) is 3.85. The summed E-state index contributed by atoms with van der Waals surface area (Å²) in [5.74, 6) is 0.135. The Hall–Kier alpha value is -1.59. The van der Waals surface area contributed by atoms with Gasteiger partial charge >= 0.3 is 0 Å². The van der Waals surface area contributed by atoms with Gasteiger partial charge in [-0.1, -0.05) is 18.2 Å². The third kappa shape index (κ3) is 3.19. The lowest BCUT2D eigenvalue weighted by atomic mass is 9.92. The predicted molar refractivity (Wildman–Crippen MR) is 77.2 cm³/mol. The molecule has 5 heteroatoms. The Morgan fingerprint density at radius 3 is 2.95 bits per heavy atom. The van der Waals surface area contributed by atoms with Gasteiger partial charge < -0.3 is 19.5 Å². The quantitative estimate of drug-likeness (QED) is 0.923. The van der Waals surface area contributed by atoms with Crippen LogP contribution in [0, 0.1) is 0 Å². The molecular weight excluding hydrogens is 270 g/mol. The standard InChI is InChI=1S/C16H21NO4/c1-16(2)20-10-11(21-16)9-17-15(18)13-7-8-19-14-6-4-3-5-12(13)14/h3-6,11,13H,7-10H2,1-2H3,(H,17,18). The van der Waals surface area contributed by atoms with Gasteiger partial charge in [-0.25, -0.2) is 0 Å². The fourth-order valence-corrected chi connectivity index (χ4v) is 2.82. The highest BCUT2D eigenvalue weighted by molar-refractivity contribution is 5.84. The lowest BCUT2D eigenvalue weighted by Gasteiger charge is -2.25. The van der Waals surface area contributed by atoms with E-state index < -0.39 is 5.79 Å². The number of amides is 1. The summed E-state index contributed by atoms with van der Waals surface area (Å²) in [6.07, 6.45) is 0.620.